The Hall–Kier alpha value is -1.82. The maximum absolute atomic E-state index is 12.5. The summed E-state index contributed by atoms with van der Waals surface area (Å²) in [5, 5.41) is 12.7. The van der Waals surface area contributed by atoms with Crippen molar-refractivity contribution in [1.29, 1.82) is 0 Å². The second-order valence-electron chi connectivity index (χ2n) is 6.87. The smallest absolute Gasteiger partial charge is 0.227 e. The lowest BCUT2D eigenvalue weighted by Crippen LogP contribution is -2.30. The van der Waals surface area contributed by atoms with Gasteiger partial charge in [0, 0.05) is 19.5 Å². The summed E-state index contributed by atoms with van der Waals surface area (Å²) in [4.78, 5) is 12.5. The molecule has 0 radical (unpaired) electrons. The number of nitrogens with one attached hydrogen (secondary N) is 1. The number of hydrogen-bond donors (Lipinski definition) is 1. The normalized spacial score (nSPS) is 12.3. The highest BCUT2D eigenvalue weighted by molar-refractivity contribution is 7.98. The van der Waals surface area contributed by atoms with E-state index in [2.05, 4.69) is 40.9 Å². The molecular weight excluding hydrogens is 344 g/mol. The van der Waals surface area contributed by atoms with E-state index in [0.717, 1.165) is 42.4 Å². The monoisotopic (exact) mass is 374 g/mol. The number of carbonyl (C=O) groups excluding carboxylic acids is 1. The van der Waals surface area contributed by atoms with E-state index in [-0.39, 0.29) is 11.8 Å². The minimum atomic E-state index is -0.0797. The molecule has 0 aliphatic carbocycles. The first-order valence-electron chi connectivity index (χ1n) is 9.35. The average molecular weight is 375 g/mol. The van der Waals surface area contributed by atoms with Crippen LogP contribution >= 0.6 is 11.8 Å². The van der Waals surface area contributed by atoms with Gasteiger partial charge >= 0.3 is 0 Å². The van der Waals surface area contributed by atoms with Crippen molar-refractivity contribution in [1.82, 2.24) is 20.1 Å². The molecule has 0 fully saturated rings. The van der Waals surface area contributed by atoms with Gasteiger partial charge in [-0.1, -0.05) is 62.9 Å². The SMILES string of the molecule is CCC(C(=O)NCCCc1nnc(SC)n1CC(C)C)c1ccccc1. The highest BCUT2D eigenvalue weighted by Crippen LogP contribution is 2.19. The van der Waals surface area contributed by atoms with Crippen LogP contribution in [0.3, 0.4) is 0 Å². The standard InChI is InChI=1S/C20H30N4OS/c1-5-17(16-10-7-6-8-11-16)19(25)21-13-9-12-18-22-23-20(26-4)24(18)14-15(2)3/h6-8,10-11,15,17H,5,9,12-14H2,1-4H3,(H,21,25). The highest BCUT2D eigenvalue weighted by Gasteiger charge is 2.18. The van der Waals surface area contributed by atoms with E-state index in [1.54, 1.807) is 11.8 Å². The molecule has 2 aromatic rings. The van der Waals surface area contributed by atoms with Crippen LogP contribution in [0.1, 0.15) is 50.9 Å². The van der Waals surface area contributed by atoms with E-state index in [4.69, 9.17) is 0 Å². The zero-order chi connectivity index (χ0) is 18.9. The fourth-order valence-corrected chi connectivity index (χ4v) is 3.57. The summed E-state index contributed by atoms with van der Waals surface area (Å²) in [6.45, 7) is 8.03. The number of carbonyl (C=O) groups is 1. The molecule has 0 aliphatic rings. The Labute approximate surface area is 161 Å². The van der Waals surface area contributed by atoms with Gasteiger partial charge in [-0.25, -0.2) is 0 Å². The molecule has 1 aromatic carbocycles. The van der Waals surface area contributed by atoms with Crippen LogP contribution in [0.4, 0.5) is 0 Å². The van der Waals surface area contributed by atoms with Crippen molar-refractivity contribution in [2.45, 2.75) is 57.7 Å². The fourth-order valence-electron chi connectivity index (χ4n) is 3.04. The van der Waals surface area contributed by atoms with Gasteiger partial charge in [0.1, 0.15) is 5.82 Å². The number of nitrogens with zero attached hydrogens (tertiary/aromatic N) is 3. The molecule has 1 heterocycles. The maximum Gasteiger partial charge on any atom is 0.227 e. The van der Waals surface area contributed by atoms with Crippen LogP contribution in [0, 0.1) is 5.92 Å². The second kappa shape index (κ2) is 10.4. The highest BCUT2D eigenvalue weighted by atomic mass is 32.2. The minimum Gasteiger partial charge on any atom is -0.356 e. The van der Waals surface area contributed by atoms with Gasteiger partial charge < -0.3 is 9.88 Å². The van der Waals surface area contributed by atoms with Gasteiger partial charge in [-0.05, 0) is 30.6 Å². The Morgan fingerprint density at radius 2 is 1.96 bits per heavy atom. The van der Waals surface area contributed by atoms with Crippen molar-refractivity contribution in [2.24, 2.45) is 5.92 Å². The van der Waals surface area contributed by atoms with Crippen molar-refractivity contribution in [2.75, 3.05) is 12.8 Å². The summed E-state index contributed by atoms with van der Waals surface area (Å²) in [6, 6.07) is 9.98. The van der Waals surface area contributed by atoms with Crippen LogP contribution in [0.5, 0.6) is 0 Å². The lowest BCUT2D eigenvalue weighted by atomic mass is 9.95. The molecule has 0 aliphatic heterocycles. The van der Waals surface area contributed by atoms with Crippen molar-refractivity contribution in [3.63, 3.8) is 0 Å². The molecule has 5 nitrogen and oxygen atoms in total. The van der Waals surface area contributed by atoms with Gasteiger partial charge in [-0.2, -0.15) is 0 Å². The van der Waals surface area contributed by atoms with Crippen LogP contribution in [0.25, 0.3) is 0 Å². The van der Waals surface area contributed by atoms with Gasteiger partial charge in [0.15, 0.2) is 5.16 Å². The number of aryl methyl sites for hydroxylation is 1. The molecule has 2 rings (SSSR count). The molecule has 1 aromatic heterocycles. The van der Waals surface area contributed by atoms with E-state index in [1.807, 2.05) is 36.6 Å². The van der Waals surface area contributed by atoms with Crippen LogP contribution in [-0.2, 0) is 17.8 Å². The molecule has 0 saturated heterocycles. The number of thioether (sulfide) groups is 1. The molecular formula is C20H30N4OS. The Morgan fingerprint density at radius 1 is 1.23 bits per heavy atom. The molecule has 1 N–H and O–H groups in total. The van der Waals surface area contributed by atoms with Crippen molar-refractivity contribution < 1.29 is 4.79 Å². The Balaban J connectivity index is 1.86. The molecule has 1 unspecified atom stereocenters. The lowest BCUT2D eigenvalue weighted by Gasteiger charge is -2.15. The van der Waals surface area contributed by atoms with Crippen molar-refractivity contribution in [3.8, 4) is 0 Å². The van der Waals surface area contributed by atoms with Crippen LogP contribution in [0.2, 0.25) is 0 Å². The number of benzene rings is 1. The Bertz CT molecular complexity index is 684. The van der Waals surface area contributed by atoms with Gasteiger partial charge in [0.25, 0.3) is 0 Å². The maximum atomic E-state index is 12.5. The zero-order valence-electron chi connectivity index (χ0n) is 16.2. The predicted molar refractivity (Wildman–Crippen MR) is 107 cm³/mol. The Morgan fingerprint density at radius 3 is 2.58 bits per heavy atom. The molecule has 1 atom stereocenters. The molecule has 0 bridgehead atoms. The van der Waals surface area contributed by atoms with Crippen LogP contribution in [-0.4, -0.2) is 33.5 Å². The van der Waals surface area contributed by atoms with Crippen LogP contribution in [0.15, 0.2) is 35.5 Å². The van der Waals surface area contributed by atoms with Crippen LogP contribution < -0.4 is 5.32 Å². The third kappa shape index (κ3) is 5.59. The second-order valence-corrected chi connectivity index (χ2v) is 7.65. The first-order chi connectivity index (χ1) is 12.6. The largest absolute Gasteiger partial charge is 0.356 e. The molecule has 6 heteroatoms. The Kier molecular flexibility index (Phi) is 8.16. The van der Waals surface area contributed by atoms with E-state index in [1.165, 1.54) is 0 Å². The van der Waals surface area contributed by atoms with Gasteiger partial charge in [-0.3, -0.25) is 4.79 Å². The summed E-state index contributed by atoms with van der Waals surface area (Å²) in [6.07, 6.45) is 4.51. The first-order valence-corrected chi connectivity index (χ1v) is 10.6. The predicted octanol–water partition coefficient (Wildman–Crippen LogP) is 3.90. The third-order valence-corrected chi connectivity index (χ3v) is 4.99. The summed E-state index contributed by atoms with van der Waals surface area (Å²) >= 11 is 1.63. The third-order valence-electron chi connectivity index (χ3n) is 4.33. The summed E-state index contributed by atoms with van der Waals surface area (Å²) in [5.41, 5.74) is 1.08. The summed E-state index contributed by atoms with van der Waals surface area (Å²) in [5.74, 6) is 1.58. The van der Waals surface area contributed by atoms with E-state index in [9.17, 15) is 4.79 Å². The number of amides is 1. The number of rotatable bonds is 10. The lowest BCUT2D eigenvalue weighted by molar-refractivity contribution is -0.122. The molecule has 0 saturated carbocycles. The molecule has 1 amide bonds. The number of aromatic nitrogens is 3. The first kappa shape index (κ1) is 20.5. The summed E-state index contributed by atoms with van der Waals surface area (Å²) in [7, 11) is 0. The quantitative estimate of drug-likeness (QED) is 0.506. The molecule has 0 spiro atoms. The minimum absolute atomic E-state index is 0.0797. The van der Waals surface area contributed by atoms with Crippen molar-refractivity contribution >= 4 is 17.7 Å². The summed E-state index contributed by atoms with van der Waals surface area (Å²) < 4.78 is 2.20. The van der Waals surface area contributed by atoms with Crippen molar-refractivity contribution in [3.05, 3.63) is 41.7 Å². The topological polar surface area (TPSA) is 59.8 Å². The molecule has 142 valence electrons. The average Bonchev–Trinajstić information content (AvgIpc) is 3.01. The van der Waals surface area contributed by atoms with Gasteiger partial charge in [-0.15, -0.1) is 10.2 Å². The zero-order valence-corrected chi connectivity index (χ0v) is 17.1. The van der Waals surface area contributed by atoms with E-state index < -0.39 is 0 Å². The fraction of sp³-hybridized carbons (Fsp3) is 0.550. The van der Waals surface area contributed by atoms with Gasteiger partial charge in [0.05, 0.1) is 5.92 Å². The number of hydrogen-bond acceptors (Lipinski definition) is 4. The van der Waals surface area contributed by atoms with Gasteiger partial charge in [0.2, 0.25) is 5.91 Å². The van der Waals surface area contributed by atoms with E-state index >= 15 is 0 Å². The molecule has 26 heavy (non-hydrogen) atoms. The van der Waals surface area contributed by atoms with E-state index in [0.29, 0.717) is 12.5 Å².